The number of aromatic hydroxyl groups is 1. The summed E-state index contributed by atoms with van der Waals surface area (Å²) in [4.78, 5) is 13.8. The number of hydrogen-bond acceptors (Lipinski definition) is 3. The molecule has 0 aromatic heterocycles. The number of benzene rings is 1. The molecule has 0 aliphatic carbocycles. The van der Waals surface area contributed by atoms with Gasteiger partial charge in [-0.25, -0.2) is 4.39 Å². The molecule has 1 atom stereocenters. The van der Waals surface area contributed by atoms with Crippen LogP contribution in [0.15, 0.2) is 18.2 Å². The summed E-state index contributed by atoms with van der Waals surface area (Å²) < 4.78 is 13.6. The molecule has 1 heterocycles. The van der Waals surface area contributed by atoms with Crippen molar-refractivity contribution in [2.45, 2.75) is 25.8 Å². The van der Waals surface area contributed by atoms with E-state index >= 15 is 0 Å². The molecule has 0 radical (unpaired) electrons. The lowest BCUT2D eigenvalue weighted by Gasteiger charge is -2.33. The first-order valence-electron chi connectivity index (χ1n) is 6.52. The summed E-state index contributed by atoms with van der Waals surface area (Å²) in [6.45, 7) is 3.18. The van der Waals surface area contributed by atoms with Crippen LogP contribution in [0.25, 0.3) is 0 Å². The van der Waals surface area contributed by atoms with E-state index in [9.17, 15) is 9.18 Å². The number of rotatable bonds is 2. The van der Waals surface area contributed by atoms with Gasteiger partial charge in [-0.15, -0.1) is 0 Å². The number of piperidine rings is 1. The highest BCUT2D eigenvalue weighted by molar-refractivity contribution is 5.94. The standard InChI is InChI=1S/C14H19FN2O2/c1-9(16)10-4-6-17(7-5-10)14(19)12-3-2-11(18)8-13(12)15/h2-3,8-10,18H,4-7,16H2,1H3. The zero-order valence-electron chi connectivity index (χ0n) is 11.0. The fraction of sp³-hybridized carbons (Fsp3) is 0.500. The van der Waals surface area contributed by atoms with Crippen LogP contribution in [0.1, 0.15) is 30.1 Å². The number of nitrogens with zero attached hydrogens (tertiary/aromatic N) is 1. The smallest absolute Gasteiger partial charge is 0.256 e. The molecule has 104 valence electrons. The molecule has 1 amide bonds. The molecule has 1 aliphatic rings. The van der Waals surface area contributed by atoms with Crippen LogP contribution in [-0.4, -0.2) is 35.0 Å². The second kappa shape index (κ2) is 5.57. The monoisotopic (exact) mass is 266 g/mol. The Kier molecular flexibility index (Phi) is 4.04. The van der Waals surface area contributed by atoms with Crippen LogP contribution in [-0.2, 0) is 0 Å². The molecule has 0 saturated carbocycles. The lowest BCUT2D eigenvalue weighted by Crippen LogP contribution is -2.42. The minimum Gasteiger partial charge on any atom is -0.508 e. The van der Waals surface area contributed by atoms with Gasteiger partial charge in [0.05, 0.1) is 5.56 Å². The Balaban J connectivity index is 2.05. The average Bonchev–Trinajstić information content (AvgIpc) is 2.38. The molecule has 0 bridgehead atoms. The summed E-state index contributed by atoms with van der Waals surface area (Å²) in [5.41, 5.74) is 5.86. The maximum absolute atomic E-state index is 13.6. The van der Waals surface area contributed by atoms with E-state index in [1.54, 1.807) is 4.90 Å². The van der Waals surface area contributed by atoms with Crippen LogP contribution >= 0.6 is 0 Å². The largest absolute Gasteiger partial charge is 0.508 e. The van der Waals surface area contributed by atoms with Gasteiger partial charge in [0, 0.05) is 25.2 Å². The van der Waals surface area contributed by atoms with Gasteiger partial charge in [0.25, 0.3) is 5.91 Å². The van der Waals surface area contributed by atoms with E-state index in [1.165, 1.54) is 12.1 Å². The maximum Gasteiger partial charge on any atom is 0.256 e. The maximum atomic E-state index is 13.6. The minimum absolute atomic E-state index is 0.0112. The van der Waals surface area contributed by atoms with E-state index in [1.807, 2.05) is 6.92 Å². The van der Waals surface area contributed by atoms with Gasteiger partial charge in [-0.05, 0) is 37.8 Å². The summed E-state index contributed by atoms with van der Waals surface area (Å²) in [5, 5.41) is 9.15. The van der Waals surface area contributed by atoms with Crippen molar-refractivity contribution >= 4 is 5.91 Å². The highest BCUT2D eigenvalue weighted by Gasteiger charge is 2.26. The SMILES string of the molecule is CC(N)C1CCN(C(=O)c2ccc(O)cc2F)CC1. The molecule has 1 fully saturated rings. The predicted molar refractivity (Wildman–Crippen MR) is 70.3 cm³/mol. The van der Waals surface area contributed by atoms with Crippen LogP contribution in [0, 0.1) is 11.7 Å². The number of hydrogen-bond donors (Lipinski definition) is 2. The molecule has 19 heavy (non-hydrogen) atoms. The Morgan fingerprint density at radius 3 is 2.63 bits per heavy atom. The topological polar surface area (TPSA) is 66.6 Å². The number of nitrogens with two attached hydrogens (primary N) is 1. The van der Waals surface area contributed by atoms with Crippen LogP contribution in [0.5, 0.6) is 5.75 Å². The highest BCUT2D eigenvalue weighted by atomic mass is 19.1. The van der Waals surface area contributed by atoms with Crippen molar-refractivity contribution < 1.29 is 14.3 Å². The lowest BCUT2D eigenvalue weighted by molar-refractivity contribution is 0.0676. The Labute approximate surface area is 112 Å². The molecule has 1 aromatic carbocycles. The van der Waals surface area contributed by atoms with Crippen LogP contribution in [0.4, 0.5) is 4.39 Å². The average molecular weight is 266 g/mol. The molecule has 1 aromatic rings. The first-order valence-corrected chi connectivity index (χ1v) is 6.52. The van der Waals surface area contributed by atoms with E-state index in [4.69, 9.17) is 10.8 Å². The number of carbonyl (C=O) groups excluding carboxylic acids is 1. The lowest BCUT2D eigenvalue weighted by atomic mass is 9.90. The molecule has 3 N–H and O–H groups in total. The Hall–Kier alpha value is -1.62. The molecule has 4 nitrogen and oxygen atoms in total. The van der Waals surface area contributed by atoms with Gasteiger partial charge in [-0.3, -0.25) is 4.79 Å². The van der Waals surface area contributed by atoms with Gasteiger partial charge in [0.15, 0.2) is 0 Å². The molecular weight excluding hydrogens is 247 g/mol. The second-order valence-electron chi connectivity index (χ2n) is 5.15. The van der Waals surface area contributed by atoms with Crippen molar-refractivity contribution in [3.05, 3.63) is 29.6 Å². The fourth-order valence-corrected chi connectivity index (χ4v) is 2.48. The third-order valence-corrected chi connectivity index (χ3v) is 3.75. The van der Waals surface area contributed by atoms with E-state index in [2.05, 4.69) is 0 Å². The van der Waals surface area contributed by atoms with Gasteiger partial charge in [0.1, 0.15) is 11.6 Å². The quantitative estimate of drug-likeness (QED) is 0.856. The van der Waals surface area contributed by atoms with Crippen LogP contribution < -0.4 is 5.73 Å². The molecular formula is C14H19FN2O2. The van der Waals surface area contributed by atoms with Gasteiger partial charge < -0.3 is 15.7 Å². The highest BCUT2D eigenvalue weighted by Crippen LogP contribution is 2.23. The molecule has 2 rings (SSSR count). The number of likely N-dealkylation sites (tertiary alicyclic amines) is 1. The van der Waals surface area contributed by atoms with Crippen LogP contribution in [0.2, 0.25) is 0 Å². The van der Waals surface area contributed by atoms with E-state index in [-0.39, 0.29) is 23.3 Å². The van der Waals surface area contributed by atoms with Gasteiger partial charge >= 0.3 is 0 Å². The molecule has 5 heteroatoms. The summed E-state index contributed by atoms with van der Waals surface area (Å²) in [6, 6.07) is 3.74. The van der Waals surface area contributed by atoms with Crippen molar-refractivity contribution in [1.82, 2.24) is 4.90 Å². The molecule has 1 aliphatic heterocycles. The van der Waals surface area contributed by atoms with Crippen molar-refractivity contribution in [1.29, 1.82) is 0 Å². The zero-order valence-corrected chi connectivity index (χ0v) is 11.0. The zero-order chi connectivity index (χ0) is 14.0. The van der Waals surface area contributed by atoms with E-state index < -0.39 is 5.82 Å². The summed E-state index contributed by atoms with van der Waals surface area (Å²) in [7, 11) is 0. The van der Waals surface area contributed by atoms with Crippen molar-refractivity contribution in [2.24, 2.45) is 11.7 Å². The molecule has 1 unspecified atom stereocenters. The van der Waals surface area contributed by atoms with Crippen molar-refractivity contribution in [3.8, 4) is 5.75 Å². The predicted octanol–water partition coefficient (Wildman–Crippen LogP) is 1.73. The van der Waals surface area contributed by atoms with Gasteiger partial charge in [-0.1, -0.05) is 0 Å². The number of phenolic OH excluding ortho intramolecular Hbond substituents is 1. The van der Waals surface area contributed by atoms with Gasteiger partial charge in [0.2, 0.25) is 0 Å². The number of halogens is 1. The number of phenols is 1. The summed E-state index contributed by atoms with van der Waals surface area (Å²) in [6.07, 6.45) is 1.70. The first kappa shape index (κ1) is 13.8. The Morgan fingerprint density at radius 2 is 2.11 bits per heavy atom. The van der Waals surface area contributed by atoms with Crippen molar-refractivity contribution in [2.75, 3.05) is 13.1 Å². The normalized spacial score (nSPS) is 18.4. The first-order chi connectivity index (χ1) is 8.99. The summed E-state index contributed by atoms with van der Waals surface area (Å²) >= 11 is 0. The van der Waals surface area contributed by atoms with Crippen LogP contribution in [0.3, 0.4) is 0 Å². The minimum atomic E-state index is -0.681. The third-order valence-electron chi connectivity index (χ3n) is 3.75. The van der Waals surface area contributed by atoms with Crippen molar-refractivity contribution in [3.63, 3.8) is 0 Å². The second-order valence-corrected chi connectivity index (χ2v) is 5.15. The fourth-order valence-electron chi connectivity index (χ4n) is 2.48. The number of carbonyl (C=O) groups is 1. The third kappa shape index (κ3) is 3.04. The molecule has 0 spiro atoms. The Bertz CT molecular complexity index is 469. The molecule has 1 saturated heterocycles. The van der Waals surface area contributed by atoms with E-state index in [0.717, 1.165) is 18.9 Å². The number of amides is 1. The Morgan fingerprint density at radius 1 is 1.47 bits per heavy atom. The van der Waals surface area contributed by atoms with E-state index in [0.29, 0.717) is 19.0 Å². The van der Waals surface area contributed by atoms with Gasteiger partial charge in [-0.2, -0.15) is 0 Å². The summed E-state index contributed by atoms with van der Waals surface area (Å²) in [5.74, 6) is -0.752.